The molecule has 0 saturated carbocycles. The molecule has 0 atom stereocenters. The Morgan fingerprint density at radius 3 is 2.64 bits per heavy atom. The lowest BCUT2D eigenvalue weighted by atomic mass is 10.0. The zero-order valence-corrected chi connectivity index (χ0v) is 7.18. The van der Waals surface area contributed by atoms with Gasteiger partial charge in [0.05, 0.1) is 18.7 Å². The molecule has 1 aliphatic rings. The normalized spacial score (nSPS) is 15.5. The molecule has 0 bridgehead atoms. The molecule has 1 rings (SSSR count). The van der Waals surface area contributed by atoms with Crippen LogP contribution in [-0.2, 0) is 14.3 Å². The fourth-order valence-corrected chi connectivity index (χ4v) is 0.973. The average Bonchev–Trinajstić information content (AvgIpc) is 2.16. The van der Waals surface area contributed by atoms with Crippen molar-refractivity contribution in [2.24, 2.45) is 0 Å². The third kappa shape index (κ3) is 1.46. The molecule has 14 heavy (non-hydrogen) atoms. The summed E-state index contributed by atoms with van der Waals surface area (Å²) in [6.45, 7) is 0. The second-order valence-corrected chi connectivity index (χ2v) is 2.38. The number of rotatable bonds is 2. The Hall–Kier alpha value is -2.20. The summed E-state index contributed by atoms with van der Waals surface area (Å²) in [4.78, 5) is 24.3. The average molecular weight is 193 g/mol. The SMILES string of the molecule is COC1=CC=C(C(=O)[O-])C(=O)C1=[N+]=[N-]. The Kier molecular flexibility index (Phi) is 2.59. The van der Waals surface area contributed by atoms with E-state index in [9.17, 15) is 14.7 Å². The minimum atomic E-state index is -1.62. The Bertz CT molecular complexity index is 413. The molecule has 0 saturated heterocycles. The van der Waals surface area contributed by atoms with Gasteiger partial charge in [0.25, 0.3) is 5.78 Å². The van der Waals surface area contributed by atoms with Crippen LogP contribution in [-0.4, -0.2) is 29.4 Å². The molecule has 0 aromatic rings. The maximum absolute atomic E-state index is 11.3. The zero-order valence-electron chi connectivity index (χ0n) is 7.18. The number of carbonyl (C=O) groups excluding carboxylic acids is 2. The lowest BCUT2D eigenvalue weighted by molar-refractivity contribution is -0.298. The predicted molar refractivity (Wildman–Crippen MR) is 41.8 cm³/mol. The summed E-state index contributed by atoms with van der Waals surface area (Å²) < 4.78 is 4.68. The van der Waals surface area contributed by atoms with Crippen molar-refractivity contribution >= 4 is 17.5 Å². The molecule has 6 heteroatoms. The minimum Gasteiger partial charge on any atom is -0.545 e. The van der Waals surface area contributed by atoms with Gasteiger partial charge in [-0.05, 0) is 12.2 Å². The quantitative estimate of drug-likeness (QED) is 0.229. The monoisotopic (exact) mass is 193 g/mol. The van der Waals surface area contributed by atoms with Crippen molar-refractivity contribution in [3.63, 3.8) is 0 Å². The second-order valence-electron chi connectivity index (χ2n) is 2.38. The van der Waals surface area contributed by atoms with Crippen molar-refractivity contribution in [3.8, 4) is 0 Å². The van der Waals surface area contributed by atoms with Crippen LogP contribution in [0.3, 0.4) is 0 Å². The van der Waals surface area contributed by atoms with E-state index in [1.807, 2.05) is 0 Å². The lowest BCUT2D eigenvalue weighted by Gasteiger charge is -2.09. The molecule has 6 nitrogen and oxygen atoms in total. The molecular weight excluding hydrogens is 188 g/mol. The maximum atomic E-state index is 11.3. The first-order chi connectivity index (χ1) is 6.61. The number of allylic oxidation sites excluding steroid dienone is 3. The van der Waals surface area contributed by atoms with Gasteiger partial charge in [-0.2, -0.15) is 4.79 Å². The smallest absolute Gasteiger partial charge is 0.404 e. The molecule has 72 valence electrons. The number of ether oxygens (including phenoxy) is 1. The molecule has 0 aromatic heterocycles. The van der Waals surface area contributed by atoms with Crippen LogP contribution in [0.15, 0.2) is 23.5 Å². The van der Waals surface area contributed by atoms with Crippen molar-refractivity contribution < 1.29 is 24.2 Å². The van der Waals surface area contributed by atoms with Crippen molar-refractivity contribution in [2.45, 2.75) is 0 Å². The number of nitrogens with zero attached hydrogens (tertiary/aromatic N) is 2. The van der Waals surface area contributed by atoms with E-state index < -0.39 is 23.0 Å². The van der Waals surface area contributed by atoms with E-state index in [0.29, 0.717) is 0 Å². The van der Waals surface area contributed by atoms with Crippen LogP contribution >= 0.6 is 0 Å². The van der Waals surface area contributed by atoms with Crippen LogP contribution < -0.4 is 5.11 Å². The molecule has 0 amide bonds. The number of carboxylic acid groups (broad SMARTS) is 1. The zero-order chi connectivity index (χ0) is 10.7. The van der Waals surface area contributed by atoms with Gasteiger partial charge in [0.1, 0.15) is 0 Å². The summed E-state index contributed by atoms with van der Waals surface area (Å²) in [7, 11) is 1.27. The highest BCUT2D eigenvalue weighted by Crippen LogP contribution is 2.11. The number of hydrogen-bond acceptors (Lipinski definition) is 4. The van der Waals surface area contributed by atoms with E-state index in [0.717, 1.165) is 6.08 Å². The van der Waals surface area contributed by atoms with Gasteiger partial charge < -0.3 is 20.2 Å². The summed E-state index contributed by atoms with van der Waals surface area (Å²) in [6, 6.07) is 0. The van der Waals surface area contributed by atoms with Gasteiger partial charge in [0.15, 0.2) is 0 Å². The summed E-state index contributed by atoms with van der Waals surface area (Å²) in [5.74, 6) is -2.56. The fraction of sp³-hybridized carbons (Fsp3) is 0.125. The van der Waals surface area contributed by atoms with Gasteiger partial charge in [-0.25, -0.2) is 0 Å². The van der Waals surface area contributed by atoms with Gasteiger partial charge in [-0.15, -0.1) is 0 Å². The number of methoxy groups -OCH3 is 1. The lowest BCUT2D eigenvalue weighted by Crippen LogP contribution is -2.34. The van der Waals surface area contributed by atoms with Crippen molar-refractivity contribution in [2.75, 3.05) is 7.11 Å². The number of hydrogen-bond donors (Lipinski definition) is 0. The summed E-state index contributed by atoms with van der Waals surface area (Å²) in [5.41, 5.74) is 7.45. The Labute approximate surface area is 78.7 Å². The number of carbonyl (C=O) groups is 2. The van der Waals surface area contributed by atoms with Crippen molar-refractivity contribution in [1.82, 2.24) is 0 Å². The number of carboxylic acids is 1. The summed E-state index contributed by atoms with van der Waals surface area (Å²) in [5, 5.41) is 10.4. The number of ketones is 1. The molecule has 1 aliphatic carbocycles. The topological polar surface area (TPSA) is 103 Å². The third-order valence-corrected chi connectivity index (χ3v) is 1.63. The molecule has 0 heterocycles. The highest BCUT2D eigenvalue weighted by molar-refractivity contribution is 6.53. The van der Waals surface area contributed by atoms with Gasteiger partial charge in [-0.1, -0.05) is 0 Å². The highest BCUT2D eigenvalue weighted by atomic mass is 16.5. The Morgan fingerprint density at radius 2 is 2.21 bits per heavy atom. The largest absolute Gasteiger partial charge is 0.545 e. The molecule has 0 fully saturated rings. The van der Waals surface area contributed by atoms with E-state index in [1.165, 1.54) is 13.2 Å². The highest BCUT2D eigenvalue weighted by Gasteiger charge is 2.32. The molecule has 0 radical (unpaired) electrons. The van der Waals surface area contributed by atoms with E-state index in [-0.39, 0.29) is 5.76 Å². The summed E-state index contributed by atoms with van der Waals surface area (Å²) in [6.07, 6.45) is 2.24. The standard InChI is InChI=1S/C8H6N2O4/c1-14-5-3-2-4(8(12)13)7(11)6(5)10-9/h2-3H,1H3,(H,12,13)/p-1. The summed E-state index contributed by atoms with van der Waals surface area (Å²) >= 11 is 0. The first-order valence-corrected chi connectivity index (χ1v) is 3.56. The Balaban J connectivity index is 3.26. The van der Waals surface area contributed by atoms with Gasteiger partial charge in [0.2, 0.25) is 5.76 Å². The van der Waals surface area contributed by atoms with Crippen LogP contribution in [0.25, 0.3) is 5.53 Å². The predicted octanol–water partition coefficient (Wildman–Crippen LogP) is -1.55. The second kappa shape index (κ2) is 3.68. The number of Topliss-reactive ketones (excluding diaryl/α,β-unsaturated/α-hetero) is 1. The first kappa shape index (κ1) is 9.88. The van der Waals surface area contributed by atoms with Crippen LogP contribution in [0.5, 0.6) is 0 Å². The van der Waals surface area contributed by atoms with Gasteiger partial charge in [0, 0.05) is 0 Å². The first-order valence-electron chi connectivity index (χ1n) is 3.56. The molecule has 0 spiro atoms. The van der Waals surface area contributed by atoms with Gasteiger partial charge >= 0.3 is 5.71 Å². The molecule has 0 aromatic carbocycles. The van der Waals surface area contributed by atoms with Crippen LogP contribution in [0.1, 0.15) is 0 Å². The van der Waals surface area contributed by atoms with Crippen molar-refractivity contribution in [3.05, 3.63) is 29.0 Å². The molecule has 0 N–H and O–H groups in total. The maximum Gasteiger partial charge on any atom is 0.404 e. The molecule has 0 aliphatic heterocycles. The van der Waals surface area contributed by atoms with E-state index in [2.05, 4.69) is 9.53 Å². The van der Waals surface area contributed by atoms with Crippen LogP contribution in [0.4, 0.5) is 0 Å². The van der Waals surface area contributed by atoms with Crippen LogP contribution in [0, 0.1) is 0 Å². The Morgan fingerprint density at radius 1 is 1.57 bits per heavy atom. The van der Waals surface area contributed by atoms with Crippen molar-refractivity contribution in [1.29, 1.82) is 0 Å². The molecular formula is C8H5N2O4-. The van der Waals surface area contributed by atoms with E-state index in [4.69, 9.17) is 5.53 Å². The van der Waals surface area contributed by atoms with Crippen LogP contribution in [0.2, 0.25) is 0 Å². The minimum absolute atomic E-state index is 0.00231. The molecule has 0 unspecified atom stereocenters. The van der Waals surface area contributed by atoms with E-state index in [1.54, 1.807) is 0 Å². The van der Waals surface area contributed by atoms with E-state index >= 15 is 0 Å². The number of aliphatic carboxylic acids is 1. The third-order valence-electron chi connectivity index (χ3n) is 1.63. The van der Waals surface area contributed by atoms with Gasteiger partial charge in [-0.3, -0.25) is 4.79 Å². The fourth-order valence-electron chi connectivity index (χ4n) is 0.973.